The van der Waals surface area contributed by atoms with Crippen LogP contribution in [0.1, 0.15) is 10.5 Å². The maximum Gasteiger partial charge on any atom is 0.398 e. The maximum absolute atomic E-state index is 13.1. The fourth-order valence-corrected chi connectivity index (χ4v) is 4.05. The highest BCUT2D eigenvalue weighted by molar-refractivity contribution is 6.23. The van der Waals surface area contributed by atoms with Crippen LogP contribution in [0.4, 0.5) is 11.4 Å². The largest absolute Gasteiger partial charge is 0.427 e. The van der Waals surface area contributed by atoms with Crippen LogP contribution in [0.15, 0.2) is 55.2 Å². The summed E-state index contributed by atoms with van der Waals surface area (Å²) in [7, 11) is 5.33. The van der Waals surface area contributed by atoms with Crippen LogP contribution in [0, 0.1) is 0 Å². The molecule has 1 radical (unpaired) electrons. The first-order chi connectivity index (χ1) is 16.6. The van der Waals surface area contributed by atoms with Crippen molar-refractivity contribution in [2.75, 3.05) is 43.5 Å². The van der Waals surface area contributed by atoms with Gasteiger partial charge in [-0.3, -0.25) is 9.78 Å². The summed E-state index contributed by atoms with van der Waals surface area (Å²) in [5.41, 5.74) is 4.54. The van der Waals surface area contributed by atoms with Crippen molar-refractivity contribution in [2.45, 2.75) is 0 Å². The Kier molecular flexibility index (Phi) is 6.19. The molecule has 171 valence electrons. The molecule has 34 heavy (non-hydrogen) atoms. The van der Waals surface area contributed by atoms with E-state index in [1.54, 1.807) is 45.7 Å². The van der Waals surface area contributed by atoms with Gasteiger partial charge in [-0.15, -0.1) is 0 Å². The molecule has 1 amide bonds. The van der Waals surface area contributed by atoms with Gasteiger partial charge in [0.2, 0.25) is 0 Å². The van der Waals surface area contributed by atoms with Crippen LogP contribution in [0.5, 0.6) is 0 Å². The lowest BCUT2D eigenvalue weighted by molar-refractivity contribution is 0.102. The molecule has 0 unspecified atom stereocenters. The van der Waals surface area contributed by atoms with E-state index < -0.39 is 0 Å². The van der Waals surface area contributed by atoms with Crippen molar-refractivity contribution in [3.8, 4) is 11.4 Å². The number of fused-ring (bicyclic) bond motifs is 1. The monoisotopic (exact) mass is 455 g/mol. The SMILES string of the molecule is CO[B]N1CCN(c2ccncc2NC(=O)c2ccnc(-c3ccc4ncn(C)c4c3)n2)CC1. The Morgan fingerprint density at radius 1 is 1.09 bits per heavy atom. The summed E-state index contributed by atoms with van der Waals surface area (Å²) in [6, 6.07) is 9.33. The first-order valence-corrected chi connectivity index (χ1v) is 11.0. The van der Waals surface area contributed by atoms with E-state index in [1.165, 1.54) is 0 Å². The second-order valence-electron chi connectivity index (χ2n) is 8.04. The predicted octanol–water partition coefficient (Wildman–Crippen LogP) is 1.98. The molecule has 4 heterocycles. The second-order valence-corrected chi connectivity index (χ2v) is 8.04. The Balaban J connectivity index is 1.35. The maximum atomic E-state index is 13.1. The lowest BCUT2D eigenvalue weighted by atomic mass is 10.1. The van der Waals surface area contributed by atoms with Gasteiger partial charge in [0.1, 0.15) is 5.69 Å². The highest BCUT2D eigenvalue weighted by Gasteiger charge is 2.21. The first-order valence-electron chi connectivity index (χ1n) is 11.0. The predicted molar refractivity (Wildman–Crippen MR) is 130 cm³/mol. The minimum atomic E-state index is -0.314. The highest BCUT2D eigenvalue weighted by Crippen LogP contribution is 2.26. The van der Waals surface area contributed by atoms with Crippen molar-refractivity contribution in [1.29, 1.82) is 0 Å². The van der Waals surface area contributed by atoms with Crippen LogP contribution in [0.25, 0.3) is 22.4 Å². The zero-order valence-corrected chi connectivity index (χ0v) is 19.0. The quantitative estimate of drug-likeness (QED) is 0.441. The van der Waals surface area contributed by atoms with Gasteiger partial charge in [0, 0.05) is 58.3 Å². The number of piperazine rings is 1. The molecule has 10 nitrogen and oxygen atoms in total. The number of aryl methyl sites for hydroxylation is 1. The van der Waals surface area contributed by atoms with Gasteiger partial charge in [0.15, 0.2) is 5.82 Å². The fourth-order valence-electron chi connectivity index (χ4n) is 4.05. The number of nitrogens with zero attached hydrogens (tertiary/aromatic N) is 7. The number of rotatable bonds is 6. The van der Waals surface area contributed by atoms with Crippen molar-refractivity contribution in [3.63, 3.8) is 0 Å². The molecule has 11 heteroatoms. The van der Waals surface area contributed by atoms with E-state index >= 15 is 0 Å². The molecule has 1 saturated heterocycles. The van der Waals surface area contributed by atoms with Crippen LogP contribution in [0.2, 0.25) is 0 Å². The number of imidazole rings is 1. The molecule has 0 atom stereocenters. The van der Waals surface area contributed by atoms with E-state index in [0.717, 1.165) is 48.5 Å². The Hall–Kier alpha value is -3.83. The van der Waals surface area contributed by atoms with Crippen molar-refractivity contribution >= 4 is 35.9 Å². The molecule has 0 saturated carbocycles. The zero-order valence-electron chi connectivity index (χ0n) is 19.0. The minimum absolute atomic E-state index is 0.282. The summed E-state index contributed by atoms with van der Waals surface area (Å²) in [6.07, 6.45) is 6.76. The number of pyridine rings is 1. The molecule has 0 aliphatic carbocycles. The zero-order chi connectivity index (χ0) is 23.5. The van der Waals surface area contributed by atoms with Gasteiger partial charge in [-0.2, -0.15) is 0 Å². The van der Waals surface area contributed by atoms with E-state index in [4.69, 9.17) is 4.65 Å². The first kappa shape index (κ1) is 22.0. The van der Waals surface area contributed by atoms with Crippen molar-refractivity contribution in [1.82, 2.24) is 29.3 Å². The number of nitrogens with one attached hydrogen (secondary N) is 1. The van der Waals surface area contributed by atoms with Gasteiger partial charge in [-0.1, -0.05) is 0 Å². The van der Waals surface area contributed by atoms with Gasteiger partial charge < -0.3 is 24.2 Å². The third kappa shape index (κ3) is 4.48. The molecular weight excluding hydrogens is 431 g/mol. The Morgan fingerprint density at radius 3 is 2.76 bits per heavy atom. The molecule has 0 spiro atoms. The molecule has 1 fully saturated rings. The number of carbonyl (C=O) groups is 1. The molecule has 3 aromatic heterocycles. The van der Waals surface area contributed by atoms with Crippen molar-refractivity contribution in [3.05, 3.63) is 60.9 Å². The lowest BCUT2D eigenvalue weighted by Crippen LogP contribution is -2.48. The van der Waals surface area contributed by atoms with E-state index in [0.29, 0.717) is 11.5 Å². The van der Waals surface area contributed by atoms with Crippen LogP contribution < -0.4 is 10.2 Å². The van der Waals surface area contributed by atoms with Crippen molar-refractivity contribution < 1.29 is 9.45 Å². The number of hydrogen-bond acceptors (Lipinski definition) is 8. The minimum Gasteiger partial charge on any atom is -0.427 e. The molecule has 0 bridgehead atoms. The Labute approximate surface area is 197 Å². The fraction of sp³-hybridized carbons (Fsp3) is 0.261. The van der Waals surface area contributed by atoms with E-state index in [1.807, 2.05) is 35.9 Å². The molecule has 1 N–H and O–H groups in total. The highest BCUT2D eigenvalue weighted by atomic mass is 16.4. The van der Waals surface area contributed by atoms with Gasteiger partial charge in [0.05, 0.1) is 34.9 Å². The summed E-state index contributed by atoms with van der Waals surface area (Å²) in [5.74, 6) is 0.165. The third-order valence-electron chi connectivity index (χ3n) is 5.83. The average Bonchev–Trinajstić information content (AvgIpc) is 3.25. The number of hydrogen-bond donors (Lipinski definition) is 1. The van der Waals surface area contributed by atoms with Crippen LogP contribution >= 0.6 is 0 Å². The summed E-state index contributed by atoms with van der Waals surface area (Å²) in [4.78, 5) is 34.9. The Bertz CT molecular complexity index is 1320. The molecule has 1 aliphatic rings. The summed E-state index contributed by atoms with van der Waals surface area (Å²) >= 11 is 0. The standard InChI is InChI=1S/C23H24BN8O2/c1-30-15-27-17-4-3-16(13-21(17)30)22-26-8-5-18(28-22)23(33)29-19-14-25-7-6-20(19)31-9-11-32(12-10-31)24-34-2/h3-8,13-15H,9-12H2,1-2H3,(H,29,33). The van der Waals surface area contributed by atoms with Crippen LogP contribution in [-0.2, 0) is 11.7 Å². The average molecular weight is 455 g/mol. The molecule has 5 rings (SSSR count). The summed E-state index contributed by atoms with van der Waals surface area (Å²) in [5, 5.41) is 2.98. The van der Waals surface area contributed by atoms with Crippen molar-refractivity contribution in [2.24, 2.45) is 7.05 Å². The number of carbonyl (C=O) groups excluding carboxylic acids is 1. The van der Waals surface area contributed by atoms with Gasteiger partial charge >= 0.3 is 7.62 Å². The smallest absolute Gasteiger partial charge is 0.398 e. The topological polar surface area (TPSA) is 101 Å². The van der Waals surface area contributed by atoms with Crippen LogP contribution in [-0.4, -0.2) is 76.1 Å². The molecule has 1 aromatic carbocycles. The Morgan fingerprint density at radius 2 is 1.94 bits per heavy atom. The van der Waals surface area contributed by atoms with Gasteiger partial charge in [-0.25, -0.2) is 15.0 Å². The number of amides is 1. The number of benzene rings is 1. The van der Waals surface area contributed by atoms with Gasteiger partial charge in [0.25, 0.3) is 5.91 Å². The molecular formula is C23H24BN8O2. The summed E-state index contributed by atoms with van der Waals surface area (Å²) in [6.45, 7) is 3.28. The third-order valence-corrected chi connectivity index (χ3v) is 5.83. The van der Waals surface area contributed by atoms with Crippen LogP contribution in [0.3, 0.4) is 0 Å². The normalized spacial score (nSPS) is 14.4. The number of aromatic nitrogens is 5. The molecule has 4 aromatic rings. The van der Waals surface area contributed by atoms with Gasteiger partial charge in [-0.05, 0) is 30.3 Å². The molecule has 1 aliphatic heterocycles. The summed E-state index contributed by atoms with van der Waals surface area (Å²) < 4.78 is 7.05. The van der Waals surface area contributed by atoms with E-state index in [2.05, 4.69) is 35.0 Å². The lowest BCUT2D eigenvalue weighted by Gasteiger charge is -2.36. The van der Waals surface area contributed by atoms with E-state index in [-0.39, 0.29) is 11.6 Å². The van der Waals surface area contributed by atoms with E-state index in [9.17, 15) is 4.79 Å². The second kappa shape index (κ2) is 9.58. The number of anilines is 2.